The Labute approximate surface area is 123 Å². The standard InChI is InChI=1S/C15H20O4S/c1-10(16)9-12-5-3-4-6-13(12)15(19)14(18)7-8-20-11(2)17/h3-6,14-15,18-19H,7-9H2,1-2H3. The smallest absolute Gasteiger partial charge is 0.185 e. The van der Waals surface area contributed by atoms with Crippen LogP contribution >= 0.6 is 11.8 Å². The summed E-state index contributed by atoms with van der Waals surface area (Å²) in [4.78, 5) is 22.0. The van der Waals surface area contributed by atoms with Crippen molar-refractivity contribution in [3.8, 4) is 0 Å². The van der Waals surface area contributed by atoms with Crippen LogP contribution in [0, 0.1) is 0 Å². The van der Waals surface area contributed by atoms with Crippen molar-refractivity contribution in [1.82, 2.24) is 0 Å². The molecule has 20 heavy (non-hydrogen) atoms. The van der Waals surface area contributed by atoms with Gasteiger partial charge in [-0.2, -0.15) is 0 Å². The summed E-state index contributed by atoms with van der Waals surface area (Å²) < 4.78 is 0. The molecule has 1 aromatic carbocycles. The maximum Gasteiger partial charge on any atom is 0.185 e. The van der Waals surface area contributed by atoms with Crippen LogP contribution in [-0.2, 0) is 16.0 Å². The number of aliphatic hydroxyl groups excluding tert-OH is 2. The second-order valence-corrected chi connectivity index (χ2v) is 5.99. The lowest BCUT2D eigenvalue weighted by molar-refractivity contribution is -0.116. The lowest BCUT2D eigenvalue weighted by atomic mass is 9.95. The number of thioether (sulfide) groups is 1. The third-order valence-electron chi connectivity index (χ3n) is 2.90. The quantitative estimate of drug-likeness (QED) is 0.803. The summed E-state index contributed by atoms with van der Waals surface area (Å²) in [6, 6.07) is 7.05. The number of aliphatic hydroxyl groups is 2. The van der Waals surface area contributed by atoms with Crippen LogP contribution in [0.4, 0.5) is 0 Å². The number of benzene rings is 1. The number of rotatable bonds is 7. The molecule has 5 heteroatoms. The Balaban J connectivity index is 2.72. The highest BCUT2D eigenvalue weighted by atomic mass is 32.2. The van der Waals surface area contributed by atoms with Crippen LogP contribution in [0.5, 0.6) is 0 Å². The first-order valence-corrected chi connectivity index (χ1v) is 7.47. The van der Waals surface area contributed by atoms with Gasteiger partial charge in [-0.3, -0.25) is 9.59 Å². The van der Waals surface area contributed by atoms with E-state index >= 15 is 0 Å². The number of hydrogen-bond acceptors (Lipinski definition) is 5. The molecule has 0 aliphatic heterocycles. The molecule has 0 amide bonds. The van der Waals surface area contributed by atoms with Crippen LogP contribution in [0.25, 0.3) is 0 Å². The summed E-state index contributed by atoms with van der Waals surface area (Å²) in [5.41, 5.74) is 1.30. The van der Waals surface area contributed by atoms with Crippen LogP contribution in [0.1, 0.15) is 37.5 Å². The summed E-state index contributed by atoms with van der Waals surface area (Å²) in [6.45, 7) is 2.96. The maximum atomic E-state index is 11.2. The maximum absolute atomic E-state index is 11.2. The molecular formula is C15H20O4S. The molecule has 0 saturated carbocycles. The minimum atomic E-state index is -1.04. The molecule has 2 atom stereocenters. The zero-order valence-corrected chi connectivity index (χ0v) is 12.5. The van der Waals surface area contributed by atoms with E-state index in [9.17, 15) is 19.8 Å². The minimum Gasteiger partial charge on any atom is -0.390 e. The highest BCUT2D eigenvalue weighted by Crippen LogP contribution is 2.24. The van der Waals surface area contributed by atoms with Gasteiger partial charge in [-0.25, -0.2) is 0 Å². The van der Waals surface area contributed by atoms with E-state index < -0.39 is 12.2 Å². The lowest BCUT2D eigenvalue weighted by Gasteiger charge is -2.20. The molecule has 0 bridgehead atoms. The van der Waals surface area contributed by atoms with E-state index in [1.807, 2.05) is 0 Å². The molecule has 0 aromatic heterocycles. The van der Waals surface area contributed by atoms with E-state index in [0.29, 0.717) is 17.7 Å². The van der Waals surface area contributed by atoms with Crippen LogP contribution in [0.2, 0.25) is 0 Å². The van der Waals surface area contributed by atoms with Gasteiger partial charge in [0.05, 0.1) is 6.10 Å². The highest BCUT2D eigenvalue weighted by Gasteiger charge is 2.21. The minimum absolute atomic E-state index is 0.00581. The van der Waals surface area contributed by atoms with Gasteiger partial charge in [-0.1, -0.05) is 36.0 Å². The molecule has 0 aliphatic carbocycles. The average molecular weight is 296 g/mol. The van der Waals surface area contributed by atoms with Gasteiger partial charge in [0.25, 0.3) is 0 Å². The number of carbonyl (C=O) groups excluding carboxylic acids is 2. The molecule has 2 unspecified atom stereocenters. The first kappa shape index (κ1) is 16.9. The van der Waals surface area contributed by atoms with Crippen molar-refractivity contribution >= 4 is 22.7 Å². The van der Waals surface area contributed by atoms with Crippen molar-refractivity contribution in [2.75, 3.05) is 5.75 Å². The molecule has 0 aliphatic rings. The van der Waals surface area contributed by atoms with Gasteiger partial charge in [0.2, 0.25) is 0 Å². The topological polar surface area (TPSA) is 74.6 Å². The molecule has 0 spiro atoms. The van der Waals surface area contributed by atoms with Crippen molar-refractivity contribution in [3.05, 3.63) is 35.4 Å². The van der Waals surface area contributed by atoms with Crippen molar-refractivity contribution in [3.63, 3.8) is 0 Å². The number of hydrogen-bond donors (Lipinski definition) is 2. The summed E-state index contributed by atoms with van der Waals surface area (Å²) in [7, 11) is 0. The number of ketones is 1. The zero-order valence-electron chi connectivity index (χ0n) is 11.7. The van der Waals surface area contributed by atoms with Crippen LogP contribution in [0.3, 0.4) is 0 Å². The average Bonchev–Trinajstić information content (AvgIpc) is 2.37. The second kappa shape index (κ2) is 8.19. The van der Waals surface area contributed by atoms with E-state index in [2.05, 4.69) is 0 Å². The predicted molar refractivity (Wildman–Crippen MR) is 79.5 cm³/mol. The SMILES string of the molecule is CC(=O)Cc1ccccc1C(O)C(O)CCSC(C)=O. The van der Waals surface area contributed by atoms with Crippen LogP contribution < -0.4 is 0 Å². The molecule has 0 saturated heterocycles. The molecule has 1 rings (SSSR count). The molecule has 0 radical (unpaired) electrons. The number of Topliss-reactive ketones (excluding diaryl/α,β-unsaturated/α-hetero) is 1. The van der Waals surface area contributed by atoms with Gasteiger partial charge >= 0.3 is 0 Å². The fourth-order valence-corrected chi connectivity index (χ4v) is 2.59. The van der Waals surface area contributed by atoms with E-state index in [1.165, 1.54) is 13.8 Å². The summed E-state index contributed by atoms with van der Waals surface area (Å²) >= 11 is 1.12. The molecular weight excluding hydrogens is 276 g/mol. The highest BCUT2D eigenvalue weighted by molar-refractivity contribution is 8.13. The van der Waals surface area contributed by atoms with Crippen molar-refractivity contribution in [2.24, 2.45) is 0 Å². The normalized spacial score (nSPS) is 13.8. The zero-order chi connectivity index (χ0) is 15.1. The van der Waals surface area contributed by atoms with E-state index in [0.717, 1.165) is 17.3 Å². The summed E-state index contributed by atoms with van der Waals surface area (Å²) in [6.07, 6.45) is -1.44. The lowest BCUT2D eigenvalue weighted by Crippen LogP contribution is -2.21. The number of carbonyl (C=O) groups is 2. The largest absolute Gasteiger partial charge is 0.390 e. The van der Waals surface area contributed by atoms with E-state index in [-0.39, 0.29) is 17.3 Å². The predicted octanol–water partition coefficient (Wildman–Crippen LogP) is 1.88. The third-order valence-corrected chi connectivity index (χ3v) is 3.74. The van der Waals surface area contributed by atoms with Gasteiger partial charge in [0, 0.05) is 19.1 Å². The Bertz CT molecular complexity index is 473. The van der Waals surface area contributed by atoms with Crippen molar-refractivity contribution < 1.29 is 19.8 Å². The Kier molecular flexibility index (Phi) is 6.91. The van der Waals surface area contributed by atoms with Crippen molar-refractivity contribution in [1.29, 1.82) is 0 Å². The van der Waals surface area contributed by atoms with Crippen LogP contribution in [0.15, 0.2) is 24.3 Å². The fourth-order valence-electron chi connectivity index (χ4n) is 1.94. The van der Waals surface area contributed by atoms with Gasteiger partial charge < -0.3 is 10.2 Å². The summed E-state index contributed by atoms with van der Waals surface area (Å²) in [5.74, 6) is 0.467. The molecule has 110 valence electrons. The Morgan fingerprint density at radius 3 is 2.45 bits per heavy atom. The molecule has 0 heterocycles. The first-order valence-electron chi connectivity index (χ1n) is 6.48. The Hall–Kier alpha value is -1.17. The monoisotopic (exact) mass is 296 g/mol. The van der Waals surface area contributed by atoms with Crippen LogP contribution in [-0.4, -0.2) is 33.0 Å². The van der Waals surface area contributed by atoms with E-state index in [1.54, 1.807) is 24.3 Å². The molecule has 0 fully saturated rings. The van der Waals surface area contributed by atoms with Crippen molar-refractivity contribution in [2.45, 2.75) is 38.9 Å². The van der Waals surface area contributed by atoms with E-state index in [4.69, 9.17) is 0 Å². The van der Waals surface area contributed by atoms with Gasteiger partial charge in [-0.05, 0) is 24.5 Å². The second-order valence-electron chi connectivity index (χ2n) is 4.72. The molecule has 2 N–H and O–H groups in total. The first-order chi connectivity index (χ1) is 9.41. The summed E-state index contributed by atoms with van der Waals surface area (Å²) in [5, 5.41) is 20.2. The fraction of sp³-hybridized carbons (Fsp3) is 0.467. The third kappa shape index (κ3) is 5.45. The van der Waals surface area contributed by atoms with Gasteiger partial charge in [-0.15, -0.1) is 0 Å². The Morgan fingerprint density at radius 2 is 1.85 bits per heavy atom. The van der Waals surface area contributed by atoms with Gasteiger partial charge in [0.1, 0.15) is 11.9 Å². The molecule has 4 nitrogen and oxygen atoms in total. The van der Waals surface area contributed by atoms with Gasteiger partial charge in [0.15, 0.2) is 5.12 Å². The Morgan fingerprint density at radius 1 is 1.20 bits per heavy atom. The molecule has 1 aromatic rings.